The van der Waals surface area contributed by atoms with Gasteiger partial charge in [-0.1, -0.05) is 13.2 Å². The normalized spacial score (nSPS) is 32.7. The summed E-state index contributed by atoms with van der Waals surface area (Å²) in [4.78, 5) is 23.4. The number of ether oxygens (including phenoxy) is 1. The third-order valence-corrected chi connectivity index (χ3v) is 3.83. The Morgan fingerprint density at radius 2 is 2.05 bits per heavy atom. The maximum Gasteiger partial charge on any atom is 0.334 e. The second-order valence-electron chi connectivity index (χ2n) is 5.20. The summed E-state index contributed by atoms with van der Waals surface area (Å²) in [6.45, 7) is 9.23. The van der Waals surface area contributed by atoms with Crippen LogP contribution in [0.1, 0.15) is 26.2 Å². The van der Waals surface area contributed by atoms with Crippen LogP contribution in [0.15, 0.2) is 36.0 Å². The van der Waals surface area contributed by atoms with Gasteiger partial charge in [0.1, 0.15) is 6.10 Å². The van der Waals surface area contributed by atoms with Gasteiger partial charge in [-0.3, -0.25) is 4.79 Å². The SMILES string of the molecule is C=C1CCC2C(=C)C(=O)OC2C=C(C)C(O)CC1=O. The molecule has 1 heterocycles. The highest BCUT2D eigenvalue weighted by atomic mass is 16.5. The van der Waals surface area contributed by atoms with Crippen LogP contribution in [0.5, 0.6) is 0 Å². The maximum absolute atomic E-state index is 11.8. The van der Waals surface area contributed by atoms with Gasteiger partial charge in [-0.25, -0.2) is 4.79 Å². The summed E-state index contributed by atoms with van der Waals surface area (Å²) in [6.07, 6.45) is 1.63. The minimum atomic E-state index is -0.851. The van der Waals surface area contributed by atoms with Crippen LogP contribution in [-0.2, 0) is 14.3 Å². The number of carbonyl (C=O) groups is 2. The smallest absolute Gasteiger partial charge is 0.334 e. The van der Waals surface area contributed by atoms with Crippen molar-refractivity contribution in [3.05, 3.63) is 36.0 Å². The monoisotopic (exact) mass is 262 g/mol. The Labute approximate surface area is 112 Å². The van der Waals surface area contributed by atoms with Gasteiger partial charge >= 0.3 is 5.97 Å². The molecular formula is C15H18O4. The highest BCUT2D eigenvalue weighted by Gasteiger charge is 2.38. The molecule has 1 saturated heterocycles. The fourth-order valence-electron chi connectivity index (χ4n) is 2.44. The summed E-state index contributed by atoms with van der Waals surface area (Å²) in [5.41, 5.74) is 1.56. The molecule has 0 aromatic rings. The van der Waals surface area contributed by atoms with E-state index in [0.717, 1.165) is 0 Å². The van der Waals surface area contributed by atoms with E-state index in [1.165, 1.54) is 0 Å². The molecule has 1 fully saturated rings. The fourth-order valence-corrected chi connectivity index (χ4v) is 2.44. The lowest BCUT2D eigenvalue weighted by Crippen LogP contribution is -2.22. The van der Waals surface area contributed by atoms with Gasteiger partial charge < -0.3 is 9.84 Å². The first-order valence-corrected chi connectivity index (χ1v) is 6.37. The molecule has 0 radical (unpaired) electrons. The highest BCUT2D eigenvalue weighted by molar-refractivity contribution is 5.95. The number of aliphatic hydroxyl groups is 1. The lowest BCUT2D eigenvalue weighted by Gasteiger charge is -2.20. The molecule has 2 rings (SSSR count). The van der Waals surface area contributed by atoms with Crippen molar-refractivity contribution in [2.24, 2.45) is 5.92 Å². The number of ketones is 1. The van der Waals surface area contributed by atoms with E-state index in [2.05, 4.69) is 13.2 Å². The minimum Gasteiger partial charge on any atom is -0.454 e. The summed E-state index contributed by atoms with van der Waals surface area (Å²) >= 11 is 0. The first-order valence-electron chi connectivity index (χ1n) is 6.37. The molecule has 4 heteroatoms. The molecular weight excluding hydrogens is 244 g/mol. The van der Waals surface area contributed by atoms with E-state index in [4.69, 9.17) is 4.74 Å². The van der Waals surface area contributed by atoms with E-state index in [1.807, 2.05) is 0 Å². The Kier molecular flexibility index (Phi) is 3.71. The molecule has 0 saturated carbocycles. The minimum absolute atomic E-state index is 0.0352. The average molecular weight is 262 g/mol. The summed E-state index contributed by atoms with van der Waals surface area (Å²) in [7, 11) is 0. The Morgan fingerprint density at radius 3 is 2.74 bits per heavy atom. The standard InChI is InChI=1S/C15H18O4/c1-8-4-5-11-10(3)15(18)19-14(11)6-9(2)13(17)7-12(8)16/h6,11,13-14,17H,1,3-5,7H2,2H3. The van der Waals surface area contributed by atoms with E-state index in [0.29, 0.717) is 29.6 Å². The Balaban J connectivity index is 2.32. The van der Waals surface area contributed by atoms with Gasteiger partial charge in [0.15, 0.2) is 5.78 Å². The maximum atomic E-state index is 11.8. The topological polar surface area (TPSA) is 63.6 Å². The first-order chi connectivity index (χ1) is 8.90. The number of carbonyl (C=O) groups excluding carboxylic acids is 2. The van der Waals surface area contributed by atoms with E-state index >= 15 is 0 Å². The van der Waals surface area contributed by atoms with Gasteiger partial charge in [0.25, 0.3) is 0 Å². The zero-order chi connectivity index (χ0) is 14.2. The number of hydrogen-bond acceptors (Lipinski definition) is 4. The van der Waals surface area contributed by atoms with E-state index in [1.54, 1.807) is 13.0 Å². The van der Waals surface area contributed by atoms with Crippen molar-refractivity contribution in [2.75, 3.05) is 0 Å². The number of Topliss-reactive ketones (excluding diaryl/α,β-unsaturated/α-hetero) is 1. The second-order valence-corrected chi connectivity index (χ2v) is 5.20. The second kappa shape index (κ2) is 5.13. The van der Waals surface area contributed by atoms with E-state index < -0.39 is 18.2 Å². The van der Waals surface area contributed by atoms with Crippen LogP contribution in [-0.4, -0.2) is 29.1 Å². The molecule has 0 aromatic carbocycles. The lowest BCUT2D eigenvalue weighted by molar-refractivity contribution is -0.137. The predicted octanol–water partition coefficient (Wildman–Crippen LogP) is 1.70. The van der Waals surface area contributed by atoms with Gasteiger partial charge in [0.05, 0.1) is 6.10 Å². The van der Waals surface area contributed by atoms with Gasteiger partial charge in [0, 0.05) is 17.9 Å². The molecule has 19 heavy (non-hydrogen) atoms. The van der Waals surface area contributed by atoms with E-state index in [-0.39, 0.29) is 18.1 Å². The number of fused-ring (bicyclic) bond motifs is 1. The largest absolute Gasteiger partial charge is 0.454 e. The third-order valence-electron chi connectivity index (χ3n) is 3.83. The zero-order valence-corrected chi connectivity index (χ0v) is 11.0. The summed E-state index contributed by atoms with van der Waals surface area (Å²) in [5, 5.41) is 9.95. The number of esters is 1. The van der Waals surface area contributed by atoms with Gasteiger partial charge in [-0.15, -0.1) is 0 Å². The van der Waals surface area contributed by atoms with Gasteiger partial charge in [-0.2, -0.15) is 0 Å². The molecule has 1 aliphatic carbocycles. The molecule has 3 atom stereocenters. The Hall–Kier alpha value is -1.68. The zero-order valence-electron chi connectivity index (χ0n) is 11.0. The molecule has 1 aliphatic heterocycles. The van der Waals surface area contributed by atoms with Crippen molar-refractivity contribution in [1.82, 2.24) is 0 Å². The van der Waals surface area contributed by atoms with Gasteiger partial charge in [0.2, 0.25) is 0 Å². The van der Waals surface area contributed by atoms with Crippen molar-refractivity contribution in [2.45, 2.75) is 38.4 Å². The molecule has 3 unspecified atom stereocenters. The number of aliphatic hydroxyl groups excluding tert-OH is 1. The molecule has 0 spiro atoms. The Bertz CT molecular complexity index is 486. The van der Waals surface area contributed by atoms with Crippen LogP contribution in [0.4, 0.5) is 0 Å². The predicted molar refractivity (Wildman–Crippen MR) is 70.3 cm³/mol. The summed E-state index contributed by atoms with van der Waals surface area (Å²) in [5.74, 6) is -0.670. The molecule has 4 nitrogen and oxygen atoms in total. The van der Waals surface area contributed by atoms with E-state index in [9.17, 15) is 14.7 Å². The van der Waals surface area contributed by atoms with Crippen LogP contribution < -0.4 is 0 Å². The number of rotatable bonds is 0. The summed E-state index contributed by atoms with van der Waals surface area (Å²) in [6, 6.07) is 0. The van der Waals surface area contributed by atoms with Crippen molar-refractivity contribution >= 4 is 11.8 Å². The summed E-state index contributed by atoms with van der Waals surface area (Å²) < 4.78 is 5.25. The molecule has 0 bridgehead atoms. The first kappa shape index (κ1) is 13.7. The van der Waals surface area contributed by atoms with Crippen molar-refractivity contribution < 1.29 is 19.4 Å². The number of allylic oxidation sites excluding steroid dienone is 1. The van der Waals surface area contributed by atoms with Crippen molar-refractivity contribution in [3.8, 4) is 0 Å². The molecule has 2 aliphatic rings. The van der Waals surface area contributed by atoms with Crippen molar-refractivity contribution in [3.63, 3.8) is 0 Å². The lowest BCUT2D eigenvalue weighted by atomic mass is 9.86. The number of hydrogen-bond donors (Lipinski definition) is 1. The Morgan fingerprint density at radius 1 is 1.37 bits per heavy atom. The van der Waals surface area contributed by atoms with Gasteiger partial charge in [-0.05, 0) is 37.0 Å². The van der Waals surface area contributed by atoms with Crippen LogP contribution in [0.25, 0.3) is 0 Å². The van der Waals surface area contributed by atoms with Crippen LogP contribution in [0.2, 0.25) is 0 Å². The molecule has 0 aromatic heterocycles. The third kappa shape index (κ3) is 2.68. The molecule has 0 amide bonds. The quantitative estimate of drug-likeness (QED) is 0.410. The van der Waals surface area contributed by atoms with Crippen LogP contribution >= 0.6 is 0 Å². The van der Waals surface area contributed by atoms with Crippen molar-refractivity contribution in [1.29, 1.82) is 0 Å². The fraction of sp³-hybridized carbons (Fsp3) is 0.467. The van der Waals surface area contributed by atoms with Crippen LogP contribution in [0.3, 0.4) is 0 Å². The average Bonchev–Trinajstić information content (AvgIpc) is 2.61. The van der Waals surface area contributed by atoms with Crippen LogP contribution in [0, 0.1) is 5.92 Å². The highest BCUT2D eigenvalue weighted by Crippen LogP contribution is 2.34. The molecule has 1 N–H and O–H groups in total. The molecule has 102 valence electrons.